The van der Waals surface area contributed by atoms with Crippen LogP contribution in [-0.2, 0) is 6.54 Å². The second-order valence-corrected chi connectivity index (χ2v) is 5.56. The first-order chi connectivity index (χ1) is 9.08. The molecule has 1 aliphatic rings. The third-order valence-corrected chi connectivity index (χ3v) is 4.32. The Morgan fingerprint density at radius 3 is 2.79 bits per heavy atom. The topological polar surface area (TPSA) is 53.6 Å². The van der Waals surface area contributed by atoms with Crippen LogP contribution in [0.3, 0.4) is 0 Å². The van der Waals surface area contributed by atoms with E-state index in [9.17, 15) is 0 Å². The average Bonchev–Trinajstić information content (AvgIpc) is 2.93. The molecule has 0 aromatic carbocycles. The first-order valence-corrected chi connectivity index (χ1v) is 7.28. The summed E-state index contributed by atoms with van der Waals surface area (Å²) >= 11 is 0. The second kappa shape index (κ2) is 5.75. The zero-order valence-electron chi connectivity index (χ0n) is 12.4. The molecule has 0 radical (unpaired) electrons. The monoisotopic (exact) mass is 260 g/mol. The van der Waals surface area contributed by atoms with E-state index in [1.807, 2.05) is 0 Å². The minimum absolute atomic E-state index is 0.171. The van der Waals surface area contributed by atoms with Crippen molar-refractivity contribution in [2.24, 2.45) is 5.92 Å². The van der Waals surface area contributed by atoms with Crippen LogP contribution in [0.15, 0.2) is 0 Å². The maximum absolute atomic E-state index is 9.16. The summed E-state index contributed by atoms with van der Waals surface area (Å²) in [5.41, 5.74) is 3.64. The van der Waals surface area contributed by atoms with Gasteiger partial charge < -0.3 is 5.32 Å². The lowest BCUT2D eigenvalue weighted by atomic mass is 10.0. The Labute approximate surface area is 115 Å². The molecule has 0 bridgehead atoms. The van der Waals surface area contributed by atoms with E-state index in [4.69, 9.17) is 5.26 Å². The van der Waals surface area contributed by atoms with E-state index in [0.29, 0.717) is 6.04 Å². The molecule has 2 rings (SSSR count). The molecule has 1 aromatic rings. The molecule has 104 valence electrons. The minimum atomic E-state index is 0.171. The fraction of sp³-hybridized carbons (Fsp3) is 0.733. The van der Waals surface area contributed by atoms with E-state index in [2.05, 4.69) is 48.9 Å². The first kappa shape index (κ1) is 14.1. The van der Waals surface area contributed by atoms with Crippen LogP contribution in [0.4, 0.5) is 0 Å². The van der Waals surface area contributed by atoms with E-state index in [0.717, 1.165) is 31.5 Å². The van der Waals surface area contributed by atoms with Gasteiger partial charge >= 0.3 is 0 Å². The second-order valence-electron chi connectivity index (χ2n) is 5.56. The molecule has 1 N–H and O–H groups in total. The molecule has 4 heteroatoms. The Kier molecular flexibility index (Phi) is 4.26. The van der Waals surface area contributed by atoms with Crippen molar-refractivity contribution < 1.29 is 0 Å². The van der Waals surface area contributed by atoms with Crippen molar-refractivity contribution in [3.8, 4) is 6.07 Å². The van der Waals surface area contributed by atoms with Crippen molar-refractivity contribution >= 4 is 0 Å². The number of nitrogens with zero attached hydrogens (tertiary/aromatic N) is 3. The molecule has 1 saturated carbocycles. The van der Waals surface area contributed by atoms with E-state index in [1.165, 1.54) is 11.3 Å². The molecule has 1 fully saturated rings. The van der Waals surface area contributed by atoms with Crippen molar-refractivity contribution in [3.05, 3.63) is 17.0 Å². The van der Waals surface area contributed by atoms with Crippen LogP contribution in [0.2, 0.25) is 0 Å². The Balaban J connectivity index is 2.14. The molecule has 0 aliphatic heterocycles. The fourth-order valence-electron chi connectivity index (χ4n) is 3.36. The summed E-state index contributed by atoms with van der Waals surface area (Å²) in [5.74, 6) is 0.171. The summed E-state index contributed by atoms with van der Waals surface area (Å²) in [6.45, 7) is 9.41. The summed E-state index contributed by atoms with van der Waals surface area (Å²) in [6.07, 6.45) is 3.31. The highest BCUT2D eigenvalue weighted by molar-refractivity contribution is 5.28. The van der Waals surface area contributed by atoms with Gasteiger partial charge in [0.25, 0.3) is 0 Å². The SMILES string of the molecule is CCn1nc(C)c(C(C)NC2CCCC2C#N)c1C. The lowest BCUT2D eigenvalue weighted by Crippen LogP contribution is -2.34. The lowest BCUT2D eigenvalue weighted by Gasteiger charge is -2.22. The van der Waals surface area contributed by atoms with E-state index in [1.54, 1.807) is 0 Å². The van der Waals surface area contributed by atoms with Crippen LogP contribution in [0, 0.1) is 31.1 Å². The van der Waals surface area contributed by atoms with E-state index in [-0.39, 0.29) is 12.0 Å². The number of hydrogen-bond donors (Lipinski definition) is 1. The van der Waals surface area contributed by atoms with Gasteiger partial charge in [0.1, 0.15) is 0 Å². The predicted octanol–water partition coefficient (Wildman–Crippen LogP) is 2.86. The highest BCUT2D eigenvalue weighted by atomic mass is 15.3. The number of rotatable bonds is 4. The molecule has 19 heavy (non-hydrogen) atoms. The first-order valence-electron chi connectivity index (χ1n) is 7.28. The van der Waals surface area contributed by atoms with Gasteiger partial charge in [-0.3, -0.25) is 4.68 Å². The van der Waals surface area contributed by atoms with Crippen LogP contribution in [-0.4, -0.2) is 15.8 Å². The van der Waals surface area contributed by atoms with Crippen LogP contribution in [0.5, 0.6) is 0 Å². The normalized spacial score (nSPS) is 24.4. The molecule has 0 spiro atoms. The van der Waals surface area contributed by atoms with Gasteiger partial charge in [-0.2, -0.15) is 10.4 Å². The smallest absolute Gasteiger partial charge is 0.0672 e. The minimum Gasteiger partial charge on any atom is -0.306 e. The molecule has 1 aliphatic carbocycles. The van der Waals surface area contributed by atoms with E-state index >= 15 is 0 Å². The zero-order chi connectivity index (χ0) is 14.0. The number of aryl methyl sites for hydroxylation is 2. The standard InChI is InChI=1S/C15H24N4/c1-5-19-12(4)15(11(3)18-19)10(2)17-14-8-6-7-13(14)9-16/h10,13-14,17H,5-8H2,1-4H3. The molecular weight excluding hydrogens is 236 g/mol. The van der Waals surface area contributed by atoms with Gasteiger partial charge in [-0.25, -0.2) is 0 Å². The van der Waals surface area contributed by atoms with Crippen molar-refractivity contribution in [2.45, 2.75) is 65.6 Å². The summed E-state index contributed by atoms with van der Waals surface area (Å²) < 4.78 is 2.05. The molecule has 3 atom stereocenters. The molecular formula is C15H24N4. The fourth-order valence-corrected chi connectivity index (χ4v) is 3.36. The van der Waals surface area contributed by atoms with Gasteiger partial charge in [0.15, 0.2) is 0 Å². The highest BCUT2D eigenvalue weighted by Gasteiger charge is 2.29. The van der Waals surface area contributed by atoms with Crippen LogP contribution in [0.1, 0.15) is 56.1 Å². The molecule has 1 heterocycles. The lowest BCUT2D eigenvalue weighted by molar-refractivity contribution is 0.415. The average molecular weight is 260 g/mol. The Morgan fingerprint density at radius 1 is 1.47 bits per heavy atom. The Hall–Kier alpha value is -1.34. The largest absolute Gasteiger partial charge is 0.306 e. The quantitative estimate of drug-likeness (QED) is 0.905. The van der Waals surface area contributed by atoms with Crippen molar-refractivity contribution in [1.82, 2.24) is 15.1 Å². The van der Waals surface area contributed by atoms with Crippen molar-refractivity contribution in [1.29, 1.82) is 5.26 Å². The maximum Gasteiger partial charge on any atom is 0.0672 e. The van der Waals surface area contributed by atoms with Gasteiger partial charge in [-0.1, -0.05) is 6.42 Å². The maximum atomic E-state index is 9.16. The Bertz CT molecular complexity index is 483. The van der Waals surface area contributed by atoms with Gasteiger partial charge in [-0.05, 0) is 40.5 Å². The van der Waals surface area contributed by atoms with Crippen molar-refractivity contribution in [3.63, 3.8) is 0 Å². The van der Waals surface area contributed by atoms with Gasteiger partial charge in [0.2, 0.25) is 0 Å². The van der Waals surface area contributed by atoms with Gasteiger partial charge in [0.05, 0.1) is 17.7 Å². The third-order valence-electron chi connectivity index (χ3n) is 4.32. The number of aromatic nitrogens is 2. The third kappa shape index (κ3) is 2.66. The van der Waals surface area contributed by atoms with Gasteiger partial charge in [0, 0.05) is 29.9 Å². The molecule has 3 unspecified atom stereocenters. The summed E-state index contributed by atoms with van der Waals surface area (Å²) in [7, 11) is 0. The Morgan fingerprint density at radius 2 is 2.21 bits per heavy atom. The van der Waals surface area contributed by atoms with E-state index < -0.39 is 0 Å². The predicted molar refractivity (Wildman–Crippen MR) is 75.7 cm³/mol. The number of hydrogen-bond acceptors (Lipinski definition) is 3. The molecule has 0 saturated heterocycles. The highest BCUT2D eigenvalue weighted by Crippen LogP contribution is 2.29. The summed E-state index contributed by atoms with van der Waals surface area (Å²) in [4.78, 5) is 0. The molecule has 1 aromatic heterocycles. The number of nitriles is 1. The summed E-state index contributed by atoms with van der Waals surface area (Å²) in [6, 6.07) is 3.03. The van der Waals surface area contributed by atoms with Crippen molar-refractivity contribution in [2.75, 3.05) is 0 Å². The molecule has 4 nitrogen and oxygen atoms in total. The molecule has 0 amide bonds. The van der Waals surface area contributed by atoms with Crippen LogP contribution in [0.25, 0.3) is 0 Å². The zero-order valence-corrected chi connectivity index (χ0v) is 12.4. The number of nitrogens with one attached hydrogen (secondary N) is 1. The van der Waals surface area contributed by atoms with Crippen LogP contribution < -0.4 is 5.32 Å². The van der Waals surface area contributed by atoms with Crippen LogP contribution >= 0.6 is 0 Å². The van der Waals surface area contributed by atoms with Gasteiger partial charge in [-0.15, -0.1) is 0 Å². The summed E-state index contributed by atoms with van der Waals surface area (Å²) in [5, 5.41) is 17.4.